The van der Waals surface area contributed by atoms with Gasteiger partial charge >= 0.3 is 0 Å². The van der Waals surface area contributed by atoms with Crippen LogP contribution in [-0.2, 0) is 27.5 Å². The maximum absolute atomic E-state index is 12.8. The summed E-state index contributed by atoms with van der Waals surface area (Å²) in [6.45, 7) is 4.12. The fourth-order valence-electron chi connectivity index (χ4n) is 4.15. The van der Waals surface area contributed by atoms with Crippen LogP contribution in [0, 0.1) is 0 Å². The van der Waals surface area contributed by atoms with E-state index in [1.54, 1.807) is 11.0 Å². The van der Waals surface area contributed by atoms with Gasteiger partial charge in [0.2, 0.25) is 17.7 Å². The van der Waals surface area contributed by atoms with Crippen LogP contribution in [0.15, 0.2) is 18.2 Å². The Balaban J connectivity index is 1.39. The lowest BCUT2D eigenvalue weighted by molar-refractivity contribution is -0.137. The average Bonchev–Trinajstić information content (AvgIpc) is 3.06. The van der Waals surface area contributed by atoms with Crippen LogP contribution in [0.1, 0.15) is 34.3 Å². The van der Waals surface area contributed by atoms with Crippen molar-refractivity contribution in [3.05, 3.63) is 34.9 Å². The van der Waals surface area contributed by atoms with E-state index >= 15 is 0 Å². The minimum absolute atomic E-state index is 0.0697. The maximum atomic E-state index is 12.8. The number of hydrogen-bond acceptors (Lipinski definition) is 6. The van der Waals surface area contributed by atoms with Crippen molar-refractivity contribution in [1.82, 2.24) is 25.8 Å². The van der Waals surface area contributed by atoms with E-state index in [9.17, 15) is 19.2 Å². The summed E-state index contributed by atoms with van der Waals surface area (Å²) in [4.78, 5) is 52.1. The van der Waals surface area contributed by atoms with Gasteiger partial charge in [0.25, 0.3) is 5.91 Å². The first-order valence-electron chi connectivity index (χ1n) is 9.99. The first-order chi connectivity index (χ1) is 14.0. The van der Waals surface area contributed by atoms with Crippen LogP contribution < -0.4 is 16.0 Å². The summed E-state index contributed by atoms with van der Waals surface area (Å²) in [5.41, 5.74) is 2.41. The quantitative estimate of drug-likeness (QED) is 0.546. The predicted octanol–water partition coefficient (Wildman–Crippen LogP) is -1.03. The molecule has 2 saturated heterocycles. The highest BCUT2D eigenvalue weighted by Gasteiger charge is 2.39. The molecule has 4 rings (SSSR count). The first kappa shape index (κ1) is 19.5. The molecule has 1 aromatic carbocycles. The zero-order valence-electron chi connectivity index (χ0n) is 16.2. The fraction of sp³-hybridized carbons (Fsp3) is 0.500. The van der Waals surface area contributed by atoms with Crippen LogP contribution in [0.4, 0.5) is 0 Å². The molecule has 4 amide bonds. The van der Waals surface area contributed by atoms with E-state index in [1.807, 2.05) is 17.0 Å². The summed E-state index contributed by atoms with van der Waals surface area (Å²) in [5.74, 6) is -0.827. The van der Waals surface area contributed by atoms with Crippen molar-refractivity contribution in [2.24, 2.45) is 0 Å². The lowest BCUT2D eigenvalue weighted by atomic mass is 10.0. The average molecular weight is 399 g/mol. The van der Waals surface area contributed by atoms with Crippen molar-refractivity contribution >= 4 is 23.6 Å². The second kappa shape index (κ2) is 8.30. The van der Waals surface area contributed by atoms with Crippen LogP contribution in [0.5, 0.6) is 0 Å². The third kappa shape index (κ3) is 4.01. The molecule has 1 aromatic rings. The number of amides is 4. The monoisotopic (exact) mass is 399 g/mol. The van der Waals surface area contributed by atoms with Gasteiger partial charge in [-0.3, -0.25) is 24.5 Å². The molecule has 0 saturated carbocycles. The normalized spacial score (nSPS) is 21.9. The third-order valence-corrected chi connectivity index (χ3v) is 5.74. The molecule has 3 N–H and O–H groups in total. The molecule has 3 heterocycles. The summed E-state index contributed by atoms with van der Waals surface area (Å²) in [6.07, 6.45) is 0.580. The molecule has 0 radical (unpaired) electrons. The number of piperidine rings is 1. The van der Waals surface area contributed by atoms with E-state index in [4.69, 9.17) is 0 Å². The molecule has 9 nitrogen and oxygen atoms in total. The van der Waals surface area contributed by atoms with Crippen molar-refractivity contribution < 1.29 is 19.2 Å². The summed E-state index contributed by atoms with van der Waals surface area (Å²) in [6, 6.07) is 4.89. The molecule has 2 fully saturated rings. The molecule has 1 unspecified atom stereocenters. The lowest BCUT2D eigenvalue weighted by Crippen LogP contribution is -2.52. The molecule has 3 aliphatic heterocycles. The van der Waals surface area contributed by atoms with Crippen molar-refractivity contribution in [2.75, 3.05) is 32.7 Å². The Kier molecular flexibility index (Phi) is 5.59. The van der Waals surface area contributed by atoms with Gasteiger partial charge in [0.05, 0.1) is 6.54 Å². The molecular weight excluding hydrogens is 374 g/mol. The molecule has 0 bridgehead atoms. The number of benzene rings is 1. The van der Waals surface area contributed by atoms with Gasteiger partial charge in [0.15, 0.2) is 0 Å². The minimum Gasteiger partial charge on any atom is -0.339 e. The highest BCUT2D eigenvalue weighted by molar-refractivity contribution is 6.05. The number of carbonyl (C=O) groups is 4. The Labute approximate surface area is 168 Å². The molecule has 9 heteroatoms. The third-order valence-electron chi connectivity index (χ3n) is 5.74. The van der Waals surface area contributed by atoms with E-state index in [0.29, 0.717) is 25.1 Å². The number of rotatable bonds is 5. The van der Waals surface area contributed by atoms with Crippen LogP contribution in [0.25, 0.3) is 0 Å². The zero-order valence-corrected chi connectivity index (χ0v) is 16.2. The van der Waals surface area contributed by atoms with Gasteiger partial charge in [0.1, 0.15) is 6.04 Å². The molecule has 0 aliphatic carbocycles. The van der Waals surface area contributed by atoms with Gasteiger partial charge in [-0.25, -0.2) is 0 Å². The number of imide groups is 1. The molecule has 0 spiro atoms. The Morgan fingerprint density at radius 1 is 1.17 bits per heavy atom. The van der Waals surface area contributed by atoms with Gasteiger partial charge in [-0.05, 0) is 23.6 Å². The second-order valence-corrected chi connectivity index (χ2v) is 7.58. The van der Waals surface area contributed by atoms with E-state index < -0.39 is 11.9 Å². The van der Waals surface area contributed by atoms with Gasteiger partial charge in [0, 0.05) is 51.3 Å². The summed E-state index contributed by atoms with van der Waals surface area (Å²) in [7, 11) is 0. The number of nitrogens with zero attached hydrogens (tertiary/aromatic N) is 2. The van der Waals surface area contributed by atoms with Crippen LogP contribution >= 0.6 is 0 Å². The Hall–Kier alpha value is -2.78. The largest absolute Gasteiger partial charge is 0.339 e. The standard InChI is InChI=1S/C20H25N5O4/c26-17-5-4-16(19(28)23-17)25-12-15-13(2-1-3-14(15)20(25)29)10-22-11-18(27)24-8-6-21-7-9-24/h1-3,16,21-22H,4-12H2,(H,23,26,28). The molecule has 29 heavy (non-hydrogen) atoms. The van der Waals surface area contributed by atoms with Crippen molar-refractivity contribution in [2.45, 2.75) is 32.0 Å². The van der Waals surface area contributed by atoms with Gasteiger partial charge < -0.3 is 20.4 Å². The lowest BCUT2D eigenvalue weighted by Gasteiger charge is -2.29. The molecule has 154 valence electrons. The number of hydrogen-bond donors (Lipinski definition) is 3. The van der Waals surface area contributed by atoms with Crippen LogP contribution in [0.2, 0.25) is 0 Å². The molecular formula is C20H25N5O4. The smallest absolute Gasteiger partial charge is 0.255 e. The Morgan fingerprint density at radius 2 is 1.97 bits per heavy atom. The zero-order chi connectivity index (χ0) is 20.4. The Morgan fingerprint density at radius 3 is 2.72 bits per heavy atom. The fourth-order valence-corrected chi connectivity index (χ4v) is 4.15. The molecule has 0 aromatic heterocycles. The van der Waals surface area contributed by atoms with Crippen molar-refractivity contribution in [3.8, 4) is 0 Å². The van der Waals surface area contributed by atoms with Crippen LogP contribution in [-0.4, -0.2) is 72.2 Å². The van der Waals surface area contributed by atoms with E-state index in [0.717, 1.165) is 37.3 Å². The first-order valence-corrected chi connectivity index (χ1v) is 9.99. The van der Waals surface area contributed by atoms with Gasteiger partial charge in [-0.2, -0.15) is 0 Å². The number of nitrogens with one attached hydrogen (secondary N) is 3. The van der Waals surface area contributed by atoms with Gasteiger partial charge in [-0.1, -0.05) is 12.1 Å². The number of fused-ring (bicyclic) bond motifs is 1. The maximum Gasteiger partial charge on any atom is 0.255 e. The topological polar surface area (TPSA) is 111 Å². The number of piperazine rings is 1. The Bertz CT molecular complexity index is 849. The van der Waals surface area contributed by atoms with E-state index in [1.165, 1.54) is 0 Å². The highest BCUT2D eigenvalue weighted by Crippen LogP contribution is 2.29. The van der Waals surface area contributed by atoms with E-state index in [-0.39, 0.29) is 30.7 Å². The summed E-state index contributed by atoms with van der Waals surface area (Å²) >= 11 is 0. The van der Waals surface area contributed by atoms with Crippen molar-refractivity contribution in [1.29, 1.82) is 0 Å². The highest BCUT2D eigenvalue weighted by atomic mass is 16.2. The summed E-state index contributed by atoms with van der Waals surface area (Å²) < 4.78 is 0. The predicted molar refractivity (Wildman–Crippen MR) is 104 cm³/mol. The van der Waals surface area contributed by atoms with Gasteiger partial charge in [-0.15, -0.1) is 0 Å². The molecule has 3 aliphatic rings. The summed E-state index contributed by atoms with van der Waals surface area (Å²) in [5, 5.41) is 8.72. The number of carbonyl (C=O) groups excluding carboxylic acids is 4. The van der Waals surface area contributed by atoms with Crippen LogP contribution in [0.3, 0.4) is 0 Å². The second-order valence-electron chi connectivity index (χ2n) is 7.58. The minimum atomic E-state index is -0.623. The molecule has 1 atom stereocenters. The van der Waals surface area contributed by atoms with E-state index in [2.05, 4.69) is 16.0 Å². The van der Waals surface area contributed by atoms with Crippen molar-refractivity contribution in [3.63, 3.8) is 0 Å². The SMILES string of the molecule is O=C1CCC(N2Cc3c(CNCC(=O)N4CCNCC4)cccc3C2=O)C(=O)N1.